The van der Waals surface area contributed by atoms with Crippen molar-refractivity contribution in [1.29, 1.82) is 0 Å². The second-order valence-electron chi connectivity index (χ2n) is 5.65. The fourth-order valence-corrected chi connectivity index (χ4v) is 2.47. The maximum atomic E-state index is 9.47. The lowest BCUT2D eigenvalue weighted by Gasteiger charge is -2.34. The van der Waals surface area contributed by atoms with Crippen LogP contribution in [0.25, 0.3) is 0 Å². The Morgan fingerprint density at radius 1 is 1.06 bits per heavy atom. The van der Waals surface area contributed by atoms with Gasteiger partial charge in [-0.3, -0.25) is 4.90 Å². The van der Waals surface area contributed by atoms with E-state index in [1.54, 1.807) is 0 Å². The largest absolute Gasteiger partial charge is 0.395 e. The van der Waals surface area contributed by atoms with E-state index in [1.807, 2.05) is 0 Å². The Morgan fingerprint density at radius 2 is 1.67 bits per heavy atom. The minimum absolute atomic E-state index is 0.212. The summed E-state index contributed by atoms with van der Waals surface area (Å²) >= 11 is 0. The smallest absolute Gasteiger partial charge is 0.0597 e. The van der Waals surface area contributed by atoms with E-state index in [2.05, 4.69) is 44.8 Å². The number of hydrogen-bond acceptors (Lipinski definition) is 3. The average molecular weight is 258 g/mol. The summed E-state index contributed by atoms with van der Waals surface area (Å²) in [7, 11) is 0. The van der Waals surface area contributed by atoms with Crippen molar-refractivity contribution < 1.29 is 5.11 Å². The van der Waals surface area contributed by atoms with Crippen molar-refractivity contribution in [3.8, 4) is 0 Å². The lowest BCUT2D eigenvalue weighted by Crippen LogP contribution is -2.48. The van der Waals surface area contributed by atoms with Gasteiger partial charge in [-0.2, -0.15) is 0 Å². The Balaban J connectivity index is 4.43. The monoisotopic (exact) mass is 258 g/mol. The van der Waals surface area contributed by atoms with Crippen LogP contribution in [0, 0.1) is 5.92 Å². The van der Waals surface area contributed by atoms with E-state index in [0.717, 1.165) is 26.1 Å². The van der Waals surface area contributed by atoms with Crippen LogP contribution in [0.1, 0.15) is 53.9 Å². The molecule has 0 amide bonds. The fourth-order valence-electron chi connectivity index (χ4n) is 2.47. The predicted octanol–water partition coefficient (Wildman–Crippen LogP) is 2.49. The molecular formula is C15H34N2O. The molecule has 0 radical (unpaired) electrons. The van der Waals surface area contributed by atoms with Crippen molar-refractivity contribution in [2.45, 2.75) is 66.0 Å². The molecule has 0 saturated heterocycles. The Kier molecular flexibility index (Phi) is 10.7. The van der Waals surface area contributed by atoms with Crippen molar-refractivity contribution in [3.63, 3.8) is 0 Å². The van der Waals surface area contributed by atoms with Gasteiger partial charge in [0.25, 0.3) is 0 Å². The number of nitrogens with zero attached hydrogens (tertiary/aromatic N) is 1. The van der Waals surface area contributed by atoms with Gasteiger partial charge in [-0.15, -0.1) is 0 Å². The van der Waals surface area contributed by atoms with E-state index in [-0.39, 0.29) is 12.6 Å². The van der Waals surface area contributed by atoms with Crippen molar-refractivity contribution in [2.75, 3.05) is 26.2 Å². The van der Waals surface area contributed by atoms with Gasteiger partial charge in [-0.05, 0) is 31.7 Å². The van der Waals surface area contributed by atoms with Gasteiger partial charge in [0, 0.05) is 25.2 Å². The highest BCUT2D eigenvalue weighted by atomic mass is 16.3. The first-order valence-electron chi connectivity index (χ1n) is 7.67. The third-order valence-electron chi connectivity index (χ3n) is 3.42. The molecule has 0 aromatic rings. The molecule has 0 aliphatic rings. The van der Waals surface area contributed by atoms with Crippen LogP contribution in [-0.4, -0.2) is 48.3 Å². The third kappa shape index (κ3) is 7.34. The van der Waals surface area contributed by atoms with Gasteiger partial charge >= 0.3 is 0 Å². The van der Waals surface area contributed by atoms with Crippen LogP contribution in [0.15, 0.2) is 0 Å². The summed E-state index contributed by atoms with van der Waals surface area (Å²) in [6.07, 6.45) is 3.50. The van der Waals surface area contributed by atoms with Crippen molar-refractivity contribution in [1.82, 2.24) is 10.2 Å². The molecule has 0 heterocycles. The highest BCUT2D eigenvalue weighted by molar-refractivity contribution is 4.77. The number of hydrogen-bond donors (Lipinski definition) is 2. The van der Waals surface area contributed by atoms with Gasteiger partial charge in [-0.25, -0.2) is 0 Å². The summed E-state index contributed by atoms with van der Waals surface area (Å²) in [4.78, 5) is 2.55. The minimum Gasteiger partial charge on any atom is -0.395 e. The molecule has 3 nitrogen and oxygen atoms in total. The van der Waals surface area contributed by atoms with E-state index in [9.17, 15) is 5.11 Å². The zero-order valence-electron chi connectivity index (χ0n) is 13.1. The lowest BCUT2D eigenvalue weighted by molar-refractivity contribution is 0.125. The van der Waals surface area contributed by atoms with Crippen molar-refractivity contribution in [2.24, 2.45) is 5.92 Å². The van der Waals surface area contributed by atoms with Crippen LogP contribution in [0.3, 0.4) is 0 Å². The van der Waals surface area contributed by atoms with E-state index in [0.29, 0.717) is 12.0 Å². The molecular weight excluding hydrogens is 224 g/mol. The summed E-state index contributed by atoms with van der Waals surface area (Å²) in [5, 5.41) is 12.9. The van der Waals surface area contributed by atoms with E-state index in [4.69, 9.17) is 0 Å². The molecule has 0 aliphatic heterocycles. The highest BCUT2D eigenvalue weighted by Crippen LogP contribution is 2.12. The first kappa shape index (κ1) is 17.9. The van der Waals surface area contributed by atoms with E-state index >= 15 is 0 Å². The summed E-state index contributed by atoms with van der Waals surface area (Å²) in [5.41, 5.74) is 0. The molecule has 0 saturated carbocycles. The molecule has 0 rings (SSSR count). The molecule has 0 fully saturated rings. The molecule has 0 aromatic heterocycles. The normalized spacial score (nSPS) is 13.8. The van der Waals surface area contributed by atoms with Gasteiger partial charge in [-0.1, -0.05) is 34.6 Å². The number of aliphatic hydroxyl groups is 1. The quantitative estimate of drug-likeness (QED) is 0.598. The fraction of sp³-hybridized carbons (Fsp3) is 1.00. The molecule has 1 unspecified atom stereocenters. The van der Waals surface area contributed by atoms with E-state index in [1.165, 1.54) is 12.8 Å². The average Bonchev–Trinajstić information content (AvgIpc) is 2.34. The first-order chi connectivity index (χ1) is 8.58. The van der Waals surface area contributed by atoms with Crippen LogP contribution in [0.5, 0.6) is 0 Å². The maximum absolute atomic E-state index is 9.47. The van der Waals surface area contributed by atoms with Crippen LogP contribution < -0.4 is 5.32 Å². The van der Waals surface area contributed by atoms with Gasteiger partial charge in [0.2, 0.25) is 0 Å². The Bertz CT molecular complexity index is 181. The molecule has 2 N–H and O–H groups in total. The second kappa shape index (κ2) is 10.8. The zero-order chi connectivity index (χ0) is 14.0. The Hall–Kier alpha value is -0.120. The standard InChI is InChI=1S/C15H34N2O/c1-6-9-16-14(12-18)11-17(10-13(4)5)15(7-2)8-3/h13-16,18H,6-12H2,1-5H3. The van der Waals surface area contributed by atoms with Crippen LogP contribution in [0.4, 0.5) is 0 Å². The Morgan fingerprint density at radius 3 is 2.06 bits per heavy atom. The molecule has 18 heavy (non-hydrogen) atoms. The molecule has 0 spiro atoms. The SMILES string of the molecule is CCCNC(CO)CN(CC(C)C)C(CC)CC. The van der Waals surface area contributed by atoms with E-state index < -0.39 is 0 Å². The summed E-state index contributed by atoms with van der Waals surface area (Å²) < 4.78 is 0. The molecule has 1 atom stereocenters. The summed E-state index contributed by atoms with van der Waals surface area (Å²) in [6.45, 7) is 14.5. The molecule has 3 heteroatoms. The number of aliphatic hydroxyl groups excluding tert-OH is 1. The first-order valence-corrected chi connectivity index (χ1v) is 7.67. The molecule has 0 bridgehead atoms. The summed E-state index contributed by atoms with van der Waals surface area (Å²) in [5.74, 6) is 0.677. The topological polar surface area (TPSA) is 35.5 Å². The molecule has 0 aliphatic carbocycles. The van der Waals surface area contributed by atoms with Crippen molar-refractivity contribution >= 4 is 0 Å². The molecule has 0 aromatic carbocycles. The minimum atomic E-state index is 0.212. The summed E-state index contributed by atoms with van der Waals surface area (Å²) in [6, 6.07) is 0.856. The molecule has 110 valence electrons. The highest BCUT2D eigenvalue weighted by Gasteiger charge is 2.19. The number of rotatable bonds is 11. The van der Waals surface area contributed by atoms with Crippen LogP contribution >= 0.6 is 0 Å². The van der Waals surface area contributed by atoms with Crippen LogP contribution in [0.2, 0.25) is 0 Å². The third-order valence-corrected chi connectivity index (χ3v) is 3.42. The zero-order valence-corrected chi connectivity index (χ0v) is 13.1. The van der Waals surface area contributed by atoms with Gasteiger partial charge in [0.05, 0.1) is 6.61 Å². The predicted molar refractivity (Wildman–Crippen MR) is 79.9 cm³/mol. The van der Waals surface area contributed by atoms with Gasteiger partial charge < -0.3 is 10.4 Å². The second-order valence-corrected chi connectivity index (χ2v) is 5.65. The maximum Gasteiger partial charge on any atom is 0.0597 e. The van der Waals surface area contributed by atoms with Crippen LogP contribution in [-0.2, 0) is 0 Å². The number of nitrogens with one attached hydrogen (secondary N) is 1. The van der Waals surface area contributed by atoms with Gasteiger partial charge in [0.15, 0.2) is 0 Å². The Labute approximate surface area is 114 Å². The van der Waals surface area contributed by atoms with Gasteiger partial charge in [0.1, 0.15) is 0 Å². The lowest BCUT2D eigenvalue weighted by atomic mass is 10.1. The van der Waals surface area contributed by atoms with Crippen molar-refractivity contribution in [3.05, 3.63) is 0 Å².